The van der Waals surface area contributed by atoms with Gasteiger partial charge >= 0.3 is 0 Å². The minimum atomic E-state index is -0.990. The molecule has 8 nitrogen and oxygen atoms in total. The monoisotopic (exact) mass is 386 g/mol. The molecule has 0 aromatic carbocycles. The number of fused-ring (bicyclic) bond motifs is 2. The normalized spacial score (nSPS) is 17.2. The van der Waals surface area contributed by atoms with E-state index in [4.69, 9.17) is 14.6 Å². The molecule has 0 fully saturated rings. The molecule has 2 aromatic rings. The first-order chi connectivity index (χ1) is 13.5. The predicted molar refractivity (Wildman–Crippen MR) is 99.0 cm³/mol. The Kier molecular flexibility index (Phi) is 4.70. The van der Waals surface area contributed by atoms with Crippen LogP contribution in [0.4, 0.5) is 4.39 Å². The molecule has 0 saturated heterocycles. The van der Waals surface area contributed by atoms with Crippen LogP contribution in [0.5, 0.6) is 11.6 Å². The number of hydrogen-bond donors (Lipinski definition) is 2. The molecule has 1 aliphatic heterocycles. The zero-order valence-corrected chi connectivity index (χ0v) is 15.4. The van der Waals surface area contributed by atoms with Gasteiger partial charge in [0.25, 0.3) is 0 Å². The van der Waals surface area contributed by atoms with Crippen molar-refractivity contribution < 1.29 is 24.1 Å². The van der Waals surface area contributed by atoms with Gasteiger partial charge in [-0.15, -0.1) is 0 Å². The number of rotatable bonds is 6. The maximum Gasteiger partial charge on any atom is 0.247 e. The highest BCUT2D eigenvalue weighted by Gasteiger charge is 2.26. The van der Waals surface area contributed by atoms with Crippen LogP contribution in [-0.4, -0.2) is 49.8 Å². The number of halogens is 1. The molecule has 9 heteroatoms. The third-order valence-electron chi connectivity index (χ3n) is 4.50. The molecular formula is C19H19FN4O4. The second-order valence-electron chi connectivity index (χ2n) is 6.57. The number of aliphatic imine (C=N–C) groups is 1. The van der Waals surface area contributed by atoms with Crippen molar-refractivity contribution in [1.29, 1.82) is 0 Å². The lowest BCUT2D eigenvalue weighted by Gasteiger charge is -2.15. The van der Waals surface area contributed by atoms with E-state index in [0.717, 1.165) is 5.70 Å². The average Bonchev–Trinajstić information content (AvgIpc) is 3.22. The molecule has 1 atom stereocenters. The first-order valence-corrected chi connectivity index (χ1v) is 8.77. The lowest BCUT2D eigenvalue weighted by Crippen LogP contribution is -2.21. The van der Waals surface area contributed by atoms with E-state index in [1.165, 1.54) is 10.8 Å². The first kappa shape index (κ1) is 18.3. The summed E-state index contributed by atoms with van der Waals surface area (Å²) in [6.07, 6.45) is 5.72. The van der Waals surface area contributed by atoms with E-state index in [1.54, 1.807) is 25.3 Å². The molecule has 2 aliphatic rings. The molecule has 0 spiro atoms. The summed E-state index contributed by atoms with van der Waals surface area (Å²) in [6.45, 7) is 3.13. The van der Waals surface area contributed by atoms with Gasteiger partial charge in [0.15, 0.2) is 11.6 Å². The number of hydrogen-bond acceptors (Lipinski definition) is 7. The lowest BCUT2D eigenvalue weighted by molar-refractivity contribution is 0.0534. The number of aliphatic hydroxyl groups is 2. The van der Waals surface area contributed by atoms with Crippen LogP contribution in [0.2, 0.25) is 0 Å². The van der Waals surface area contributed by atoms with Crippen LogP contribution in [-0.2, 0) is 0 Å². The van der Waals surface area contributed by atoms with E-state index in [9.17, 15) is 9.50 Å². The quantitative estimate of drug-likeness (QED) is 0.788. The zero-order chi connectivity index (χ0) is 19.8. The van der Waals surface area contributed by atoms with Gasteiger partial charge < -0.3 is 19.7 Å². The molecule has 2 N–H and O–H groups in total. The van der Waals surface area contributed by atoms with E-state index in [-0.39, 0.29) is 18.2 Å². The van der Waals surface area contributed by atoms with Crippen molar-refractivity contribution in [1.82, 2.24) is 14.6 Å². The van der Waals surface area contributed by atoms with Crippen molar-refractivity contribution in [2.75, 3.05) is 13.2 Å². The summed E-state index contributed by atoms with van der Waals surface area (Å²) in [5, 5.41) is 22.5. The van der Waals surface area contributed by atoms with Crippen LogP contribution in [0.15, 0.2) is 52.5 Å². The fourth-order valence-corrected chi connectivity index (χ4v) is 3.11. The lowest BCUT2D eigenvalue weighted by atomic mass is 10.0. The summed E-state index contributed by atoms with van der Waals surface area (Å²) in [5.74, 6) is 0.244. The molecule has 2 aromatic heterocycles. The Morgan fingerprint density at radius 2 is 2.18 bits per heavy atom. The van der Waals surface area contributed by atoms with E-state index in [2.05, 4.69) is 15.1 Å². The third kappa shape index (κ3) is 3.19. The van der Waals surface area contributed by atoms with E-state index >= 15 is 0 Å². The average molecular weight is 386 g/mol. The summed E-state index contributed by atoms with van der Waals surface area (Å²) in [4.78, 5) is 8.45. The van der Waals surface area contributed by atoms with Crippen LogP contribution >= 0.6 is 0 Å². The van der Waals surface area contributed by atoms with Gasteiger partial charge in [-0.25, -0.2) is 8.91 Å². The standard InChI is InChI=1S/C19H19FN4O4/c1-10-5-13-14(23-10)3-4-15(17(13)20)28-19-18-11(2)16(27-8-12(26)7-25)6-24(18)22-9-21-19/h4-6,9,12,25-26H,3,7-8H2,1-2H3/t12-/m1/s1. The molecule has 4 rings (SSSR count). The molecule has 146 valence electrons. The van der Waals surface area contributed by atoms with Crippen molar-refractivity contribution in [3.05, 3.63) is 53.1 Å². The Balaban J connectivity index is 1.65. The van der Waals surface area contributed by atoms with Gasteiger partial charge in [-0.2, -0.15) is 10.1 Å². The highest BCUT2D eigenvalue weighted by molar-refractivity contribution is 6.08. The summed E-state index contributed by atoms with van der Waals surface area (Å²) in [7, 11) is 0. The maximum atomic E-state index is 14.9. The minimum absolute atomic E-state index is 0.0719. The van der Waals surface area contributed by atoms with Gasteiger partial charge in [0.2, 0.25) is 5.88 Å². The SMILES string of the molecule is CC1=CC2=C(F)C(Oc3ncnn4cc(OC[C@H](O)CO)c(C)c34)=CCC2=N1. The van der Waals surface area contributed by atoms with Crippen LogP contribution in [0, 0.1) is 6.92 Å². The first-order valence-electron chi connectivity index (χ1n) is 8.77. The van der Waals surface area contributed by atoms with Crippen LogP contribution < -0.4 is 9.47 Å². The summed E-state index contributed by atoms with van der Waals surface area (Å²) < 4.78 is 27.7. The van der Waals surface area contributed by atoms with Gasteiger partial charge in [0, 0.05) is 23.3 Å². The highest BCUT2D eigenvalue weighted by atomic mass is 19.1. The summed E-state index contributed by atoms with van der Waals surface area (Å²) in [5.41, 5.74) is 3.08. The van der Waals surface area contributed by atoms with Crippen molar-refractivity contribution >= 4 is 11.2 Å². The Morgan fingerprint density at radius 1 is 1.36 bits per heavy atom. The van der Waals surface area contributed by atoms with E-state index in [0.29, 0.717) is 34.5 Å². The molecule has 28 heavy (non-hydrogen) atoms. The van der Waals surface area contributed by atoms with Crippen LogP contribution in [0.25, 0.3) is 5.52 Å². The predicted octanol–water partition coefficient (Wildman–Crippen LogP) is 2.02. The Bertz CT molecular complexity index is 1070. The second kappa shape index (κ2) is 7.17. The van der Waals surface area contributed by atoms with Gasteiger partial charge in [-0.3, -0.25) is 4.99 Å². The number of aliphatic hydroxyl groups excluding tert-OH is 2. The van der Waals surface area contributed by atoms with Crippen molar-refractivity contribution in [3.8, 4) is 11.6 Å². The van der Waals surface area contributed by atoms with Crippen LogP contribution in [0.1, 0.15) is 18.9 Å². The number of aryl methyl sites for hydroxylation is 1. The van der Waals surface area contributed by atoms with E-state index < -0.39 is 18.5 Å². The van der Waals surface area contributed by atoms with Crippen LogP contribution in [0.3, 0.4) is 0 Å². The number of allylic oxidation sites excluding steroid dienone is 5. The number of ether oxygens (including phenoxy) is 2. The Hall–Kier alpha value is -3.04. The largest absolute Gasteiger partial charge is 0.489 e. The van der Waals surface area contributed by atoms with Gasteiger partial charge in [0.05, 0.1) is 18.5 Å². The van der Waals surface area contributed by atoms with Crippen molar-refractivity contribution in [2.24, 2.45) is 4.99 Å². The zero-order valence-electron chi connectivity index (χ0n) is 15.4. The fraction of sp³-hybridized carbons (Fsp3) is 0.316. The molecule has 0 bridgehead atoms. The number of aromatic nitrogens is 3. The Labute approximate surface area is 159 Å². The van der Waals surface area contributed by atoms with Gasteiger partial charge in [-0.1, -0.05) is 0 Å². The molecule has 1 aliphatic carbocycles. The smallest absolute Gasteiger partial charge is 0.247 e. The molecule has 0 radical (unpaired) electrons. The third-order valence-corrected chi connectivity index (χ3v) is 4.50. The molecule has 3 heterocycles. The minimum Gasteiger partial charge on any atom is -0.489 e. The van der Waals surface area contributed by atoms with Gasteiger partial charge in [-0.05, 0) is 26.0 Å². The molecule has 0 unspecified atom stereocenters. The second-order valence-corrected chi connectivity index (χ2v) is 6.57. The topological polar surface area (TPSA) is 101 Å². The molecule has 0 saturated carbocycles. The molecular weight excluding hydrogens is 367 g/mol. The Morgan fingerprint density at radius 3 is 2.96 bits per heavy atom. The van der Waals surface area contributed by atoms with E-state index in [1.807, 2.05) is 6.92 Å². The summed E-state index contributed by atoms with van der Waals surface area (Å²) in [6, 6.07) is 0. The maximum absolute atomic E-state index is 14.9. The summed E-state index contributed by atoms with van der Waals surface area (Å²) >= 11 is 0. The van der Waals surface area contributed by atoms with Gasteiger partial charge in [0.1, 0.15) is 30.3 Å². The molecule has 0 amide bonds. The van der Waals surface area contributed by atoms with Crippen molar-refractivity contribution in [2.45, 2.75) is 26.4 Å². The van der Waals surface area contributed by atoms with Crippen molar-refractivity contribution in [3.63, 3.8) is 0 Å². The highest BCUT2D eigenvalue weighted by Crippen LogP contribution is 2.35. The fourth-order valence-electron chi connectivity index (χ4n) is 3.11. The number of nitrogens with zero attached hydrogens (tertiary/aromatic N) is 4.